The van der Waals surface area contributed by atoms with Crippen molar-refractivity contribution in [3.63, 3.8) is 0 Å². The maximum atomic E-state index is 12.4. The molecule has 1 rings (SSSR count). The van der Waals surface area contributed by atoms with E-state index in [9.17, 15) is 17.4 Å². The fourth-order valence-electron chi connectivity index (χ4n) is 1.49. The molecule has 1 unspecified atom stereocenters. The first kappa shape index (κ1) is 15.4. The van der Waals surface area contributed by atoms with Crippen LogP contribution in [0.5, 0.6) is 0 Å². The average molecular weight is 291 g/mol. The molecule has 1 aromatic rings. The Hall–Kier alpha value is -1.62. The molecule has 0 radical (unpaired) electrons. The lowest BCUT2D eigenvalue weighted by Crippen LogP contribution is -2.14. The van der Waals surface area contributed by atoms with Crippen LogP contribution < -0.4 is 0 Å². The number of halogens is 3. The van der Waals surface area contributed by atoms with Gasteiger partial charge in [0.1, 0.15) is 5.69 Å². The zero-order chi connectivity index (χ0) is 14.7. The van der Waals surface area contributed by atoms with Crippen LogP contribution in [-0.4, -0.2) is 14.9 Å². The summed E-state index contributed by atoms with van der Waals surface area (Å²) in [6.07, 6.45) is -1.99. The molecular formula is C11H12F3N3OS. The van der Waals surface area contributed by atoms with Crippen molar-refractivity contribution in [3.05, 3.63) is 29.6 Å². The largest absolute Gasteiger partial charge is 0.433 e. The molecule has 0 aliphatic heterocycles. The first-order valence-electron chi connectivity index (χ1n) is 5.39. The molecule has 1 heterocycles. The Balaban J connectivity index is 3.16. The van der Waals surface area contributed by atoms with Crippen molar-refractivity contribution >= 4 is 9.73 Å². The van der Waals surface area contributed by atoms with E-state index in [4.69, 9.17) is 5.26 Å². The van der Waals surface area contributed by atoms with Gasteiger partial charge in [-0.05, 0) is 18.6 Å². The van der Waals surface area contributed by atoms with Crippen LogP contribution >= 0.6 is 0 Å². The summed E-state index contributed by atoms with van der Waals surface area (Å²) in [6.45, 7) is 3.16. The third kappa shape index (κ3) is 3.44. The van der Waals surface area contributed by atoms with Crippen molar-refractivity contribution in [3.8, 4) is 6.19 Å². The highest BCUT2D eigenvalue weighted by atomic mass is 32.2. The Labute approximate surface area is 109 Å². The zero-order valence-corrected chi connectivity index (χ0v) is 11.1. The van der Waals surface area contributed by atoms with E-state index in [-0.39, 0.29) is 5.75 Å². The van der Waals surface area contributed by atoms with E-state index in [1.807, 2.05) is 0 Å². The van der Waals surface area contributed by atoms with Crippen molar-refractivity contribution < 1.29 is 17.4 Å². The number of nitrogens with zero attached hydrogens (tertiary/aromatic N) is 3. The van der Waals surface area contributed by atoms with Gasteiger partial charge in [0.25, 0.3) is 0 Å². The average Bonchev–Trinajstić information content (AvgIpc) is 2.37. The van der Waals surface area contributed by atoms with Crippen molar-refractivity contribution in [2.45, 2.75) is 25.3 Å². The Bertz CT molecular complexity index is 595. The predicted octanol–water partition coefficient (Wildman–Crippen LogP) is 3.13. The second kappa shape index (κ2) is 5.57. The number of alkyl halides is 3. The minimum absolute atomic E-state index is 0.142. The number of hydrogen-bond acceptors (Lipinski definition) is 4. The van der Waals surface area contributed by atoms with Crippen LogP contribution in [0, 0.1) is 11.5 Å². The molecule has 104 valence electrons. The van der Waals surface area contributed by atoms with E-state index in [0.717, 1.165) is 12.3 Å². The number of pyridine rings is 1. The highest BCUT2D eigenvalue weighted by Gasteiger charge is 2.32. The fourth-order valence-corrected chi connectivity index (χ4v) is 2.98. The second-order valence-corrected chi connectivity index (χ2v) is 6.63. The minimum Gasteiger partial charge on any atom is -0.251 e. The lowest BCUT2D eigenvalue weighted by atomic mass is 10.2. The molecular weight excluding hydrogens is 279 g/mol. The molecule has 2 atom stereocenters. The van der Waals surface area contributed by atoms with E-state index in [0.29, 0.717) is 5.56 Å². The van der Waals surface area contributed by atoms with Gasteiger partial charge in [0, 0.05) is 11.9 Å². The lowest BCUT2D eigenvalue weighted by Gasteiger charge is -2.15. The molecule has 0 amide bonds. The summed E-state index contributed by atoms with van der Waals surface area (Å²) in [7, 11) is -2.81. The summed E-state index contributed by atoms with van der Waals surface area (Å²) in [4.78, 5) is 3.30. The summed E-state index contributed by atoms with van der Waals surface area (Å²) >= 11 is 0. The van der Waals surface area contributed by atoms with Gasteiger partial charge in [-0.3, -0.25) is 4.98 Å². The van der Waals surface area contributed by atoms with Gasteiger partial charge in [-0.25, -0.2) is 4.21 Å². The number of aromatic nitrogens is 1. The van der Waals surface area contributed by atoms with Gasteiger partial charge in [0.15, 0.2) is 0 Å². The lowest BCUT2D eigenvalue weighted by molar-refractivity contribution is -0.141. The number of hydrogen-bond donors (Lipinski definition) is 0. The molecule has 4 nitrogen and oxygen atoms in total. The molecule has 0 fully saturated rings. The zero-order valence-electron chi connectivity index (χ0n) is 10.3. The van der Waals surface area contributed by atoms with Gasteiger partial charge in [0.2, 0.25) is 6.19 Å². The standard InChI is InChI=1S/C11H12F3N3OS/c1-3-19(18,17-7-15)8(2)9-4-5-10(16-6-9)11(12,13)14/h4-6,8H,3H2,1-2H3/t8-,19?/m0/s1. The van der Waals surface area contributed by atoms with E-state index in [1.54, 1.807) is 13.8 Å². The molecule has 0 aliphatic carbocycles. The molecule has 0 spiro atoms. The summed E-state index contributed by atoms with van der Waals surface area (Å²) in [6, 6.07) is 2.04. The van der Waals surface area contributed by atoms with Crippen LogP contribution in [0.25, 0.3) is 0 Å². The Morgan fingerprint density at radius 2 is 2.16 bits per heavy atom. The van der Waals surface area contributed by atoms with Crippen LogP contribution in [0.15, 0.2) is 22.7 Å². The van der Waals surface area contributed by atoms with E-state index in [2.05, 4.69) is 9.35 Å². The van der Waals surface area contributed by atoms with Gasteiger partial charge < -0.3 is 0 Å². The smallest absolute Gasteiger partial charge is 0.251 e. The van der Waals surface area contributed by atoms with Crippen LogP contribution in [0.2, 0.25) is 0 Å². The first-order chi connectivity index (χ1) is 8.74. The molecule has 0 aromatic carbocycles. The third-order valence-electron chi connectivity index (χ3n) is 2.71. The summed E-state index contributed by atoms with van der Waals surface area (Å²) in [5.74, 6) is 0.142. The van der Waals surface area contributed by atoms with E-state index < -0.39 is 26.8 Å². The van der Waals surface area contributed by atoms with Crippen molar-refractivity contribution in [2.75, 3.05) is 5.75 Å². The summed E-state index contributed by atoms with van der Waals surface area (Å²) in [5, 5.41) is 7.86. The van der Waals surface area contributed by atoms with E-state index in [1.165, 1.54) is 12.3 Å². The molecule has 1 aromatic heterocycles. The fraction of sp³-hybridized carbons (Fsp3) is 0.455. The van der Waals surface area contributed by atoms with Crippen molar-refractivity contribution in [1.82, 2.24) is 4.98 Å². The highest BCUT2D eigenvalue weighted by molar-refractivity contribution is 7.93. The maximum absolute atomic E-state index is 12.4. The number of rotatable bonds is 3. The Morgan fingerprint density at radius 1 is 1.53 bits per heavy atom. The van der Waals surface area contributed by atoms with Gasteiger partial charge in [0.05, 0.1) is 15.0 Å². The topological polar surface area (TPSA) is 66.1 Å². The first-order valence-corrected chi connectivity index (χ1v) is 7.14. The molecule has 0 N–H and O–H groups in total. The van der Waals surface area contributed by atoms with Crippen LogP contribution in [0.3, 0.4) is 0 Å². The van der Waals surface area contributed by atoms with E-state index >= 15 is 0 Å². The van der Waals surface area contributed by atoms with Crippen LogP contribution in [0.1, 0.15) is 30.4 Å². The van der Waals surface area contributed by atoms with Gasteiger partial charge in [-0.15, -0.1) is 4.36 Å². The minimum atomic E-state index is -4.51. The Kier molecular flexibility index (Phi) is 4.52. The third-order valence-corrected chi connectivity index (χ3v) is 5.30. The van der Waals surface area contributed by atoms with Gasteiger partial charge in [-0.1, -0.05) is 13.0 Å². The molecule has 0 bridgehead atoms. The highest BCUT2D eigenvalue weighted by Crippen LogP contribution is 2.29. The quantitative estimate of drug-likeness (QED) is 0.803. The maximum Gasteiger partial charge on any atom is 0.433 e. The van der Waals surface area contributed by atoms with Crippen LogP contribution in [0.4, 0.5) is 13.2 Å². The molecule has 0 aliphatic rings. The predicted molar refractivity (Wildman–Crippen MR) is 64.4 cm³/mol. The summed E-state index contributed by atoms with van der Waals surface area (Å²) in [5.41, 5.74) is -0.650. The van der Waals surface area contributed by atoms with Gasteiger partial charge >= 0.3 is 6.18 Å². The summed E-state index contributed by atoms with van der Waals surface area (Å²) < 4.78 is 52.8. The normalized spacial score (nSPS) is 16.2. The molecule has 0 saturated heterocycles. The monoisotopic (exact) mass is 291 g/mol. The molecule has 8 heteroatoms. The van der Waals surface area contributed by atoms with Crippen molar-refractivity contribution in [1.29, 1.82) is 5.26 Å². The van der Waals surface area contributed by atoms with Crippen molar-refractivity contribution in [2.24, 2.45) is 4.36 Å². The molecule has 0 saturated carbocycles. The van der Waals surface area contributed by atoms with Crippen LogP contribution in [-0.2, 0) is 15.9 Å². The number of nitriles is 1. The Morgan fingerprint density at radius 3 is 2.53 bits per heavy atom. The second-order valence-electron chi connectivity index (χ2n) is 3.79. The SMILES string of the molecule is CCS(=O)(=NC#N)[C@@H](C)c1ccc(C(F)(F)F)nc1. The van der Waals surface area contributed by atoms with Gasteiger partial charge in [-0.2, -0.15) is 18.4 Å². The molecule has 19 heavy (non-hydrogen) atoms.